The summed E-state index contributed by atoms with van der Waals surface area (Å²) < 4.78 is 5.10. The summed E-state index contributed by atoms with van der Waals surface area (Å²) in [6.07, 6.45) is 1.22. The molecule has 0 spiro atoms. The maximum atomic E-state index is 12.2. The van der Waals surface area contributed by atoms with Crippen LogP contribution in [0.2, 0.25) is 0 Å². The fraction of sp³-hybridized carbons (Fsp3) is 0.429. The zero-order valence-corrected chi connectivity index (χ0v) is 11.5. The summed E-state index contributed by atoms with van der Waals surface area (Å²) in [5.74, 6) is -0.241. The summed E-state index contributed by atoms with van der Waals surface area (Å²) >= 11 is 0. The third-order valence-corrected chi connectivity index (χ3v) is 3.47. The molecular formula is C14H18N2O4. The molecule has 0 bridgehead atoms. The Labute approximate surface area is 117 Å². The molecule has 0 saturated carbocycles. The molecule has 1 atom stereocenters. The van der Waals surface area contributed by atoms with Crippen molar-refractivity contribution in [1.29, 1.82) is 0 Å². The van der Waals surface area contributed by atoms with Crippen molar-refractivity contribution >= 4 is 17.7 Å². The van der Waals surface area contributed by atoms with E-state index in [0.29, 0.717) is 30.8 Å². The number of nitrogens with one attached hydrogen (secondary N) is 1. The highest BCUT2D eigenvalue weighted by Crippen LogP contribution is 2.23. The van der Waals surface area contributed by atoms with Crippen molar-refractivity contribution in [2.24, 2.45) is 0 Å². The standard InChI is InChI=1S/C14H18N2O4/c1-9-8-10(20-2)5-6-11(9)15-14(19)16-7-3-4-12(16)13(17)18/h5-6,8,12H,3-4,7H2,1-2H3,(H,15,19)(H,17,18). The monoisotopic (exact) mass is 278 g/mol. The minimum Gasteiger partial charge on any atom is -0.497 e. The van der Waals surface area contributed by atoms with E-state index in [4.69, 9.17) is 9.84 Å². The fourth-order valence-corrected chi connectivity index (χ4v) is 2.36. The molecule has 1 heterocycles. The molecule has 2 amide bonds. The lowest BCUT2D eigenvalue weighted by Crippen LogP contribution is -2.42. The number of aryl methyl sites for hydroxylation is 1. The number of carbonyl (C=O) groups excluding carboxylic acids is 1. The van der Waals surface area contributed by atoms with Gasteiger partial charge < -0.3 is 20.1 Å². The number of nitrogens with zero attached hydrogens (tertiary/aromatic N) is 1. The van der Waals surface area contributed by atoms with Gasteiger partial charge in [0.15, 0.2) is 0 Å². The molecule has 20 heavy (non-hydrogen) atoms. The molecular weight excluding hydrogens is 260 g/mol. The van der Waals surface area contributed by atoms with Crippen LogP contribution in [0.5, 0.6) is 5.75 Å². The van der Waals surface area contributed by atoms with Gasteiger partial charge in [0.2, 0.25) is 0 Å². The number of anilines is 1. The number of benzene rings is 1. The maximum Gasteiger partial charge on any atom is 0.326 e. The zero-order chi connectivity index (χ0) is 14.7. The van der Waals surface area contributed by atoms with E-state index in [-0.39, 0.29) is 6.03 Å². The van der Waals surface area contributed by atoms with Gasteiger partial charge in [-0.15, -0.1) is 0 Å². The van der Waals surface area contributed by atoms with Crippen LogP contribution in [0.25, 0.3) is 0 Å². The van der Waals surface area contributed by atoms with Crippen molar-refractivity contribution in [3.63, 3.8) is 0 Å². The molecule has 1 fully saturated rings. The second kappa shape index (κ2) is 5.81. The summed E-state index contributed by atoms with van der Waals surface area (Å²) in [5.41, 5.74) is 1.52. The first-order chi connectivity index (χ1) is 9.52. The number of hydrogen-bond donors (Lipinski definition) is 2. The van der Waals surface area contributed by atoms with Crippen LogP contribution < -0.4 is 10.1 Å². The van der Waals surface area contributed by atoms with Crippen LogP contribution in [-0.2, 0) is 4.79 Å². The largest absolute Gasteiger partial charge is 0.497 e. The molecule has 1 aliphatic heterocycles. The summed E-state index contributed by atoms with van der Waals surface area (Å²) in [6, 6.07) is 4.21. The van der Waals surface area contributed by atoms with Crippen LogP contribution in [0.1, 0.15) is 18.4 Å². The number of likely N-dealkylation sites (tertiary alicyclic amines) is 1. The van der Waals surface area contributed by atoms with Gasteiger partial charge in [0.1, 0.15) is 11.8 Å². The first kappa shape index (κ1) is 14.2. The van der Waals surface area contributed by atoms with Crippen molar-refractivity contribution in [3.8, 4) is 5.75 Å². The smallest absolute Gasteiger partial charge is 0.326 e. The number of methoxy groups -OCH3 is 1. The SMILES string of the molecule is COc1ccc(NC(=O)N2CCCC2C(=O)O)c(C)c1. The Morgan fingerprint density at radius 1 is 1.45 bits per heavy atom. The zero-order valence-electron chi connectivity index (χ0n) is 11.5. The third kappa shape index (κ3) is 2.84. The summed E-state index contributed by atoms with van der Waals surface area (Å²) in [6.45, 7) is 2.33. The van der Waals surface area contributed by atoms with Crippen molar-refractivity contribution in [1.82, 2.24) is 4.90 Å². The van der Waals surface area contributed by atoms with Crippen LogP contribution in [0.4, 0.5) is 10.5 Å². The predicted octanol–water partition coefficient (Wildman–Crippen LogP) is 2.08. The molecule has 0 aliphatic carbocycles. The second-order valence-corrected chi connectivity index (χ2v) is 4.80. The molecule has 6 heteroatoms. The molecule has 1 aliphatic rings. The van der Waals surface area contributed by atoms with Gasteiger partial charge >= 0.3 is 12.0 Å². The van der Waals surface area contributed by atoms with Crippen LogP contribution in [-0.4, -0.2) is 41.7 Å². The molecule has 0 radical (unpaired) electrons. The number of hydrogen-bond acceptors (Lipinski definition) is 3. The summed E-state index contributed by atoms with van der Waals surface area (Å²) in [4.78, 5) is 24.6. The van der Waals surface area contributed by atoms with Gasteiger partial charge in [-0.2, -0.15) is 0 Å². The molecule has 6 nitrogen and oxygen atoms in total. The van der Waals surface area contributed by atoms with Gasteiger partial charge in [0, 0.05) is 12.2 Å². The third-order valence-electron chi connectivity index (χ3n) is 3.47. The lowest BCUT2D eigenvalue weighted by Gasteiger charge is -2.22. The lowest BCUT2D eigenvalue weighted by atomic mass is 10.2. The molecule has 1 saturated heterocycles. The van der Waals surface area contributed by atoms with E-state index < -0.39 is 12.0 Å². The Hall–Kier alpha value is -2.24. The van der Waals surface area contributed by atoms with Crippen molar-refractivity contribution in [2.75, 3.05) is 19.0 Å². The average molecular weight is 278 g/mol. The quantitative estimate of drug-likeness (QED) is 0.887. The number of carboxylic acids is 1. The second-order valence-electron chi connectivity index (χ2n) is 4.80. The number of carbonyl (C=O) groups is 2. The Balaban J connectivity index is 2.10. The van der Waals surface area contributed by atoms with Gasteiger partial charge in [0.25, 0.3) is 0 Å². The Bertz CT molecular complexity index is 530. The van der Waals surface area contributed by atoms with Crippen LogP contribution in [0, 0.1) is 6.92 Å². The van der Waals surface area contributed by atoms with Crippen molar-refractivity contribution in [3.05, 3.63) is 23.8 Å². The molecule has 108 valence electrons. The number of rotatable bonds is 3. The van der Waals surface area contributed by atoms with E-state index in [2.05, 4.69) is 5.32 Å². The average Bonchev–Trinajstić information content (AvgIpc) is 2.90. The summed E-state index contributed by atoms with van der Waals surface area (Å²) in [7, 11) is 1.58. The number of amides is 2. The van der Waals surface area contributed by atoms with Gasteiger partial charge in [-0.1, -0.05) is 0 Å². The summed E-state index contributed by atoms with van der Waals surface area (Å²) in [5, 5.41) is 11.8. The minimum atomic E-state index is -0.955. The van der Waals surface area contributed by atoms with E-state index in [9.17, 15) is 9.59 Å². The number of carboxylic acid groups (broad SMARTS) is 1. The molecule has 1 aromatic rings. The highest BCUT2D eigenvalue weighted by Gasteiger charge is 2.34. The van der Waals surface area contributed by atoms with Gasteiger partial charge in [-0.3, -0.25) is 0 Å². The van der Waals surface area contributed by atoms with Gasteiger partial charge in [0.05, 0.1) is 7.11 Å². The van der Waals surface area contributed by atoms with Gasteiger partial charge in [-0.05, 0) is 43.5 Å². The maximum absolute atomic E-state index is 12.2. The molecule has 2 rings (SSSR count). The molecule has 1 aromatic carbocycles. The van der Waals surface area contributed by atoms with Crippen molar-refractivity contribution < 1.29 is 19.4 Å². The van der Waals surface area contributed by atoms with Crippen LogP contribution >= 0.6 is 0 Å². The van der Waals surface area contributed by atoms with Crippen LogP contribution in [0.15, 0.2) is 18.2 Å². The molecule has 0 aromatic heterocycles. The first-order valence-corrected chi connectivity index (χ1v) is 6.48. The van der Waals surface area contributed by atoms with Gasteiger partial charge in [-0.25, -0.2) is 9.59 Å². The highest BCUT2D eigenvalue weighted by atomic mass is 16.5. The molecule has 2 N–H and O–H groups in total. The Morgan fingerprint density at radius 3 is 2.80 bits per heavy atom. The number of aliphatic carboxylic acids is 1. The first-order valence-electron chi connectivity index (χ1n) is 6.48. The van der Waals surface area contributed by atoms with E-state index in [0.717, 1.165) is 5.56 Å². The Morgan fingerprint density at radius 2 is 2.20 bits per heavy atom. The number of urea groups is 1. The van der Waals surface area contributed by atoms with E-state index in [1.165, 1.54) is 4.90 Å². The number of ether oxygens (including phenoxy) is 1. The normalized spacial score (nSPS) is 17.9. The molecule has 1 unspecified atom stereocenters. The van der Waals surface area contributed by atoms with E-state index in [1.807, 2.05) is 13.0 Å². The van der Waals surface area contributed by atoms with Crippen molar-refractivity contribution in [2.45, 2.75) is 25.8 Å². The fourth-order valence-electron chi connectivity index (χ4n) is 2.36. The van der Waals surface area contributed by atoms with E-state index >= 15 is 0 Å². The highest BCUT2D eigenvalue weighted by molar-refractivity contribution is 5.93. The van der Waals surface area contributed by atoms with E-state index in [1.54, 1.807) is 19.2 Å². The lowest BCUT2D eigenvalue weighted by molar-refractivity contribution is -0.141. The minimum absolute atomic E-state index is 0.372. The Kier molecular flexibility index (Phi) is 4.12. The topological polar surface area (TPSA) is 78.9 Å². The van der Waals surface area contributed by atoms with Crippen LogP contribution in [0.3, 0.4) is 0 Å². The predicted molar refractivity (Wildman–Crippen MR) is 74.1 cm³/mol.